The van der Waals surface area contributed by atoms with Crippen molar-refractivity contribution in [3.63, 3.8) is 0 Å². The minimum absolute atomic E-state index is 0.0991. The molecule has 3 rings (SSSR count). The van der Waals surface area contributed by atoms with Gasteiger partial charge < -0.3 is 9.15 Å². The van der Waals surface area contributed by atoms with Gasteiger partial charge in [-0.05, 0) is 22.9 Å². The molecule has 1 aromatic heterocycles. The van der Waals surface area contributed by atoms with E-state index in [0.717, 1.165) is 10.8 Å². The van der Waals surface area contributed by atoms with Gasteiger partial charge in [0.2, 0.25) is 0 Å². The normalized spacial score (nSPS) is 10.5. The largest absolute Gasteiger partial charge is 0.436 e. The lowest BCUT2D eigenvalue weighted by Crippen LogP contribution is -1.84. The van der Waals surface area contributed by atoms with E-state index in [1.807, 2.05) is 36.4 Å². The van der Waals surface area contributed by atoms with Crippen molar-refractivity contribution in [1.82, 2.24) is 0 Å². The van der Waals surface area contributed by atoms with E-state index < -0.39 is 4.92 Å². The van der Waals surface area contributed by atoms with Crippen LogP contribution in [0.25, 0.3) is 10.8 Å². The van der Waals surface area contributed by atoms with E-state index in [1.165, 1.54) is 12.1 Å². The van der Waals surface area contributed by atoms with Crippen LogP contribution in [0.15, 0.2) is 59.0 Å². The minimum atomic E-state index is -0.604. The van der Waals surface area contributed by atoms with Crippen LogP contribution in [-0.2, 0) is 0 Å². The Kier molecular flexibility index (Phi) is 2.64. The maximum atomic E-state index is 10.5. The molecule has 0 aliphatic carbocycles. The van der Waals surface area contributed by atoms with Gasteiger partial charge in [-0.15, -0.1) is 0 Å². The van der Waals surface area contributed by atoms with Crippen LogP contribution in [0, 0.1) is 10.1 Å². The van der Waals surface area contributed by atoms with Crippen LogP contribution in [0.5, 0.6) is 11.7 Å². The Labute approximate surface area is 108 Å². The number of benzene rings is 2. The van der Waals surface area contributed by atoms with Crippen molar-refractivity contribution in [2.75, 3.05) is 0 Å². The second-order valence-electron chi connectivity index (χ2n) is 3.96. The molecule has 0 aliphatic rings. The molecule has 0 N–H and O–H groups in total. The summed E-state index contributed by atoms with van der Waals surface area (Å²) in [4.78, 5) is 9.89. The molecular weight excluding hydrogens is 246 g/mol. The molecule has 0 saturated carbocycles. The number of fused-ring (bicyclic) bond motifs is 1. The summed E-state index contributed by atoms with van der Waals surface area (Å²) in [6.07, 6.45) is 0. The van der Waals surface area contributed by atoms with Gasteiger partial charge in [-0.25, -0.2) is 0 Å². The Morgan fingerprint density at radius 1 is 1.00 bits per heavy atom. The Hall–Kier alpha value is -2.82. The van der Waals surface area contributed by atoms with Crippen molar-refractivity contribution < 1.29 is 14.1 Å². The van der Waals surface area contributed by atoms with Crippen LogP contribution in [0.4, 0.5) is 5.88 Å². The Morgan fingerprint density at radius 2 is 1.79 bits per heavy atom. The van der Waals surface area contributed by atoms with E-state index in [-0.39, 0.29) is 11.8 Å². The molecule has 0 spiro atoms. The van der Waals surface area contributed by atoms with Crippen molar-refractivity contribution in [1.29, 1.82) is 0 Å². The number of nitro groups is 1. The highest BCUT2D eigenvalue weighted by Gasteiger charge is 2.13. The molecule has 0 bridgehead atoms. The lowest BCUT2D eigenvalue weighted by Gasteiger charge is -2.03. The first-order chi connectivity index (χ1) is 9.22. The van der Waals surface area contributed by atoms with Crippen molar-refractivity contribution in [3.8, 4) is 11.7 Å². The summed E-state index contributed by atoms with van der Waals surface area (Å²) in [7, 11) is 0. The topological polar surface area (TPSA) is 65.5 Å². The first kappa shape index (κ1) is 11.3. The average molecular weight is 255 g/mol. The highest BCUT2D eigenvalue weighted by Crippen LogP contribution is 2.29. The second-order valence-corrected chi connectivity index (χ2v) is 3.96. The van der Waals surface area contributed by atoms with Crippen molar-refractivity contribution in [2.45, 2.75) is 0 Å². The lowest BCUT2D eigenvalue weighted by molar-refractivity contribution is -0.402. The zero-order valence-electron chi connectivity index (χ0n) is 9.78. The summed E-state index contributed by atoms with van der Waals surface area (Å²) in [5.41, 5.74) is 0. The molecule has 0 unspecified atom stereocenters. The third-order valence-corrected chi connectivity index (χ3v) is 2.69. The predicted octanol–water partition coefficient (Wildman–Crippen LogP) is 4.13. The molecule has 0 saturated heterocycles. The fourth-order valence-electron chi connectivity index (χ4n) is 1.81. The van der Waals surface area contributed by atoms with E-state index in [1.54, 1.807) is 6.07 Å². The molecule has 0 atom stereocenters. The summed E-state index contributed by atoms with van der Waals surface area (Å²) < 4.78 is 10.4. The summed E-state index contributed by atoms with van der Waals surface area (Å²) in [6.45, 7) is 0. The molecule has 0 fully saturated rings. The molecule has 94 valence electrons. The quantitative estimate of drug-likeness (QED) is 0.521. The monoisotopic (exact) mass is 255 g/mol. The van der Waals surface area contributed by atoms with Crippen LogP contribution in [0.2, 0.25) is 0 Å². The van der Waals surface area contributed by atoms with E-state index >= 15 is 0 Å². The average Bonchev–Trinajstić information content (AvgIpc) is 2.87. The van der Waals surface area contributed by atoms with Gasteiger partial charge in [0.1, 0.15) is 10.7 Å². The van der Waals surface area contributed by atoms with E-state index in [0.29, 0.717) is 5.75 Å². The third-order valence-electron chi connectivity index (χ3n) is 2.69. The van der Waals surface area contributed by atoms with Crippen molar-refractivity contribution in [2.24, 2.45) is 0 Å². The van der Waals surface area contributed by atoms with E-state index in [4.69, 9.17) is 9.15 Å². The summed E-state index contributed by atoms with van der Waals surface area (Å²) in [6, 6.07) is 16.1. The fourth-order valence-corrected chi connectivity index (χ4v) is 1.81. The molecule has 3 aromatic rings. The van der Waals surface area contributed by atoms with Gasteiger partial charge in [0.25, 0.3) is 5.95 Å². The number of ether oxygens (including phenoxy) is 1. The van der Waals surface area contributed by atoms with Crippen LogP contribution in [-0.4, -0.2) is 4.92 Å². The van der Waals surface area contributed by atoms with Crippen LogP contribution in [0.1, 0.15) is 0 Å². The predicted molar refractivity (Wildman–Crippen MR) is 69.4 cm³/mol. The number of furan rings is 1. The van der Waals surface area contributed by atoms with Crippen molar-refractivity contribution >= 4 is 16.7 Å². The summed E-state index contributed by atoms with van der Waals surface area (Å²) in [5, 5.41) is 12.6. The molecule has 1 heterocycles. The number of rotatable bonds is 3. The van der Waals surface area contributed by atoms with E-state index in [9.17, 15) is 10.1 Å². The number of hydrogen-bond acceptors (Lipinski definition) is 4. The van der Waals surface area contributed by atoms with Crippen LogP contribution in [0.3, 0.4) is 0 Å². The Morgan fingerprint density at radius 3 is 2.53 bits per heavy atom. The first-order valence-electron chi connectivity index (χ1n) is 5.63. The molecule has 5 nitrogen and oxygen atoms in total. The standard InChI is InChI=1S/C14H9NO4/c16-15(17)13-7-8-14(19-13)18-12-6-5-10-3-1-2-4-11(10)9-12/h1-9H. The Bertz CT molecular complexity index is 748. The molecule has 0 amide bonds. The lowest BCUT2D eigenvalue weighted by atomic mass is 10.1. The van der Waals surface area contributed by atoms with Gasteiger partial charge in [-0.3, -0.25) is 10.1 Å². The van der Waals surface area contributed by atoms with Gasteiger partial charge in [0.05, 0.1) is 6.07 Å². The second kappa shape index (κ2) is 4.45. The van der Waals surface area contributed by atoms with Gasteiger partial charge in [0, 0.05) is 6.07 Å². The van der Waals surface area contributed by atoms with Crippen LogP contribution >= 0.6 is 0 Å². The van der Waals surface area contributed by atoms with E-state index in [2.05, 4.69) is 0 Å². The number of hydrogen-bond donors (Lipinski definition) is 0. The highest BCUT2D eigenvalue weighted by molar-refractivity contribution is 5.83. The van der Waals surface area contributed by atoms with Gasteiger partial charge in [-0.1, -0.05) is 30.3 Å². The van der Waals surface area contributed by atoms with Crippen LogP contribution < -0.4 is 4.74 Å². The molecule has 19 heavy (non-hydrogen) atoms. The maximum absolute atomic E-state index is 10.5. The Balaban J connectivity index is 1.89. The summed E-state index contributed by atoms with van der Waals surface area (Å²) in [5.74, 6) is 0.334. The molecular formula is C14H9NO4. The number of nitrogens with zero attached hydrogens (tertiary/aromatic N) is 1. The maximum Gasteiger partial charge on any atom is 0.436 e. The summed E-state index contributed by atoms with van der Waals surface area (Å²) >= 11 is 0. The van der Waals surface area contributed by atoms with Crippen molar-refractivity contribution in [3.05, 3.63) is 64.7 Å². The molecule has 0 radical (unpaired) electrons. The molecule has 5 heteroatoms. The minimum Gasteiger partial charge on any atom is -0.426 e. The zero-order chi connectivity index (χ0) is 13.2. The zero-order valence-corrected chi connectivity index (χ0v) is 9.78. The SMILES string of the molecule is O=[N+]([O-])c1ccc(Oc2ccc3ccccc3c2)o1. The smallest absolute Gasteiger partial charge is 0.426 e. The van der Waals surface area contributed by atoms with Gasteiger partial charge in [-0.2, -0.15) is 0 Å². The fraction of sp³-hybridized carbons (Fsp3) is 0. The molecule has 0 aliphatic heterocycles. The highest BCUT2D eigenvalue weighted by atomic mass is 16.7. The van der Waals surface area contributed by atoms with Gasteiger partial charge in [0.15, 0.2) is 0 Å². The third kappa shape index (κ3) is 2.26. The van der Waals surface area contributed by atoms with Gasteiger partial charge >= 0.3 is 5.88 Å². The molecule has 2 aromatic carbocycles. The first-order valence-corrected chi connectivity index (χ1v) is 5.63.